The van der Waals surface area contributed by atoms with Crippen molar-refractivity contribution in [3.63, 3.8) is 0 Å². The summed E-state index contributed by atoms with van der Waals surface area (Å²) in [6.07, 6.45) is 2.71. The van der Waals surface area contributed by atoms with Gasteiger partial charge in [0.15, 0.2) is 0 Å². The number of nitrogens with zero attached hydrogens (tertiary/aromatic N) is 18. The summed E-state index contributed by atoms with van der Waals surface area (Å²) < 4.78 is 0. The molecule has 18 rings (SSSR count). The first kappa shape index (κ1) is 86.8. The molecule has 126 heavy (non-hydrogen) atoms. The number of rotatable bonds is 16. The molecule has 0 radical (unpaired) electrons. The average molecular weight is 1680 g/mol. The molecule has 0 spiro atoms. The molecule has 18 aromatic rings. The molecule has 0 aliphatic rings. The topological polar surface area (TPSA) is 306 Å². The molecule has 0 aliphatic carbocycles. The van der Waals surface area contributed by atoms with Crippen LogP contribution in [0.1, 0.15) is 198 Å². The predicted octanol–water partition coefficient (Wildman–Crippen LogP) is 21.7. The summed E-state index contributed by atoms with van der Waals surface area (Å²) in [6.45, 7) is 39.1. The standard InChI is InChI=1S/C41H50N6O2.C33H34N6O2.C27H22N6O2.CH4/c1-38(2,3)24-40(7,8)28-20-26(36(48)34(22-28)46-42-30-15-11-12-16-31(30)43-46)19-27-21-29(41(9,10)25-39(4,5)6)23-35(37(27)49)47-44-32-17-13-14-18-33(32)45-47;1-32(2,3)22-16-20(30(40)28(18-22)38-34-24-11-7-8-12-25(24)35-38)15-21-17-23(33(4,5)6)19-29(31(21)41)39-36-26-13-9-10-14-27(26)37-39;1-16-11-18(26(34)24(13-16)32-28-20-7-3-4-8-21(20)29-32)15-19-12-17(2)14-25(27(19)35)33-30-22-9-5-6-10-23(22)31-33;/h11-18,20-23,48-49H,19,24-25H2,1-10H3;7-14,16-19,40-41H,15H2,1-6H3;3-14,34-35H,15H2,1-2H3;1H4. The van der Waals surface area contributed by atoms with Crippen molar-refractivity contribution in [2.75, 3.05) is 0 Å². The van der Waals surface area contributed by atoms with Crippen molar-refractivity contribution < 1.29 is 30.6 Å². The lowest BCUT2D eigenvalue weighted by atomic mass is 9.71. The second-order valence-electron chi connectivity index (χ2n) is 38.7. The van der Waals surface area contributed by atoms with E-state index in [2.05, 4.69) is 164 Å². The number of benzene rings is 12. The van der Waals surface area contributed by atoms with Crippen LogP contribution in [0.25, 0.3) is 100 Å². The smallest absolute Gasteiger partial charge is 0.146 e. The van der Waals surface area contributed by atoms with E-state index in [1.54, 1.807) is 0 Å². The van der Waals surface area contributed by atoms with Gasteiger partial charge in [-0.15, -0.1) is 90.0 Å². The molecule has 24 heteroatoms. The van der Waals surface area contributed by atoms with Gasteiger partial charge in [0.05, 0.1) is 0 Å². The minimum atomic E-state index is -0.231. The first-order chi connectivity index (χ1) is 59.1. The number of phenols is 6. The minimum Gasteiger partial charge on any atom is -0.505 e. The maximum Gasteiger partial charge on any atom is 0.146 e. The van der Waals surface area contributed by atoms with Crippen LogP contribution in [0, 0.1) is 24.7 Å². The van der Waals surface area contributed by atoms with Gasteiger partial charge in [0.2, 0.25) is 0 Å². The minimum absolute atomic E-state index is 0. The van der Waals surface area contributed by atoms with Gasteiger partial charge in [0, 0.05) is 52.6 Å². The summed E-state index contributed by atoms with van der Waals surface area (Å²) in [7, 11) is 0. The van der Waals surface area contributed by atoms with Crippen LogP contribution in [0.5, 0.6) is 34.5 Å². The van der Waals surface area contributed by atoms with Gasteiger partial charge in [0.25, 0.3) is 0 Å². The molecule has 0 atom stereocenters. The number of hydrogen-bond donors (Lipinski definition) is 6. The molecule has 0 saturated heterocycles. The van der Waals surface area contributed by atoms with Crippen LogP contribution in [0.2, 0.25) is 0 Å². The molecular formula is C102H110N18O6. The number of phenolic OH excluding ortho intramolecular Hbond substituents is 6. The largest absolute Gasteiger partial charge is 0.505 e. The summed E-state index contributed by atoms with van der Waals surface area (Å²) in [5.74, 6) is 0.451. The van der Waals surface area contributed by atoms with E-state index in [9.17, 15) is 30.6 Å². The Kier molecular flexibility index (Phi) is 22.8. The zero-order chi connectivity index (χ0) is 88.7. The second kappa shape index (κ2) is 33.2. The Hall–Kier alpha value is -14.2. The lowest BCUT2D eigenvalue weighted by Gasteiger charge is -2.34. The highest BCUT2D eigenvalue weighted by atomic mass is 16.3. The fraction of sp³-hybridized carbons (Fsp3) is 0.294. The lowest BCUT2D eigenvalue weighted by Crippen LogP contribution is -2.25. The molecule has 24 nitrogen and oxygen atoms in total. The Labute approximate surface area is 733 Å². The van der Waals surface area contributed by atoms with Gasteiger partial charge in [-0.3, -0.25) is 0 Å². The summed E-state index contributed by atoms with van der Waals surface area (Å²) in [5.41, 5.74) is 21.3. The van der Waals surface area contributed by atoms with Gasteiger partial charge in [-0.25, -0.2) is 0 Å². The highest BCUT2D eigenvalue weighted by Gasteiger charge is 2.34. The predicted molar refractivity (Wildman–Crippen MR) is 499 cm³/mol. The van der Waals surface area contributed by atoms with Gasteiger partial charge < -0.3 is 30.6 Å². The molecule has 0 aliphatic heterocycles. The monoisotopic (exact) mass is 1680 g/mol. The van der Waals surface area contributed by atoms with E-state index in [0.29, 0.717) is 73.9 Å². The average Bonchev–Trinajstić information content (AvgIpc) is 1.64. The molecule has 0 unspecified atom stereocenters. The third-order valence-electron chi connectivity index (χ3n) is 22.7. The number of fused-ring (bicyclic) bond motifs is 6. The van der Waals surface area contributed by atoms with E-state index in [1.807, 2.05) is 220 Å². The van der Waals surface area contributed by atoms with Crippen LogP contribution in [-0.4, -0.2) is 121 Å². The van der Waals surface area contributed by atoms with Crippen molar-refractivity contribution in [2.24, 2.45) is 10.8 Å². The fourth-order valence-electron chi connectivity index (χ4n) is 17.0. The summed E-state index contributed by atoms with van der Waals surface area (Å²) in [4.78, 5) is 8.97. The van der Waals surface area contributed by atoms with Crippen LogP contribution in [0.3, 0.4) is 0 Å². The molecule has 0 fully saturated rings. The van der Waals surface area contributed by atoms with Crippen LogP contribution >= 0.6 is 0 Å². The molecule has 0 amide bonds. The Balaban J connectivity index is 0.000000147. The first-order valence-corrected chi connectivity index (χ1v) is 42.2. The maximum absolute atomic E-state index is 12.0. The summed E-state index contributed by atoms with van der Waals surface area (Å²) >= 11 is 0. The van der Waals surface area contributed by atoms with E-state index in [0.717, 1.165) is 112 Å². The van der Waals surface area contributed by atoms with Gasteiger partial charge >= 0.3 is 0 Å². The number of aromatic hydroxyl groups is 6. The third kappa shape index (κ3) is 18.1. The van der Waals surface area contributed by atoms with E-state index >= 15 is 0 Å². The highest BCUT2D eigenvalue weighted by Crippen LogP contribution is 2.46. The van der Waals surface area contributed by atoms with Crippen LogP contribution in [-0.2, 0) is 40.9 Å². The van der Waals surface area contributed by atoms with Crippen LogP contribution < -0.4 is 0 Å². The molecule has 0 saturated carbocycles. The van der Waals surface area contributed by atoms with Gasteiger partial charge in [0.1, 0.15) is 135 Å². The quantitative estimate of drug-likeness (QED) is 0.0524. The van der Waals surface area contributed by atoms with Crippen molar-refractivity contribution in [1.82, 2.24) is 90.0 Å². The van der Waals surface area contributed by atoms with E-state index < -0.39 is 0 Å². The van der Waals surface area contributed by atoms with Crippen molar-refractivity contribution in [1.29, 1.82) is 0 Å². The number of aromatic nitrogens is 18. The SMILES string of the molecule is C.CC(C)(C)CC(C)(C)c1cc(Cc2cc(C(C)(C)CC(C)(C)C)cc(-n3nc4ccccc4n3)c2O)c(O)c(-n2nc3ccccc3n2)c1.CC(C)(C)c1cc(Cc2cc(C(C)(C)C)cc(-n3nc4ccccc4n3)c2O)c(O)c(-n2nc3ccccc3n2)c1.Cc1cc(Cc2cc(C)cc(-n3nc4ccccc4n3)c2O)c(O)c(-n2nc3ccccc3n2)c1. The van der Waals surface area contributed by atoms with Crippen LogP contribution in [0.4, 0.5) is 0 Å². The third-order valence-corrected chi connectivity index (χ3v) is 22.7. The normalized spacial score (nSPS) is 12.3. The van der Waals surface area contributed by atoms with Gasteiger partial charge in [-0.1, -0.05) is 227 Å². The molecule has 6 aromatic heterocycles. The number of aryl methyl sites for hydroxylation is 2. The Bertz CT molecular complexity index is 6530. The van der Waals surface area contributed by atoms with Crippen molar-refractivity contribution in [2.45, 2.75) is 186 Å². The lowest BCUT2D eigenvalue weighted by molar-refractivity contribution is 0.283. The Morgan fingerprint density at radius 3 is 0.556 bits per heavy atom. The molecule has 6 N–H and O–H groups in total. The van der Waals surface area contributed by atoms with E-state index in [1.165, 1.54) is 28.8 Å². The van der Waals surface area contributed by atoms with E-state index in [-0.39, 0.29) is 87.3 Å². The molecular weight excluding hydrogens is 1570 g/mol. The molecule has 12 aromatic carbocycles. The van der Waals surface area contributed by atoms with Gasteiger partial charge in [-0.05, 0) is 202 Å². The van der Waals surface area contributed by atoms with E-state index in [4.69, 9.17) is 20.4 Å². The fourth-order valence-corrected chi connectivity index (χ4v) is 17.0. The Morgan fingerprint density at radius 2 is 0.381 bits per heavy atom. The Morgan fingerprint density at radius 1 is 0.222 bits per heavy atom. The van der Waals surface area contributed by atoms with Crippen molar-refractivity contribution >= 4 is 66.2 Å². The second-order valence-corrected chi connectivity index (χ2v) is 38.7. The molecule has 6 heterocycles. The summed E-state index contributed by atoms with van der Waals surface area (Å²) in [5, 5.41) is 125. The maximum atomic E-state index is 12.0. The summed E-state index contributed by atoms with van der Waals surface area (Å²) in [6, 6.07) is 69.4. The zero-order valence-electron chi connectivity index (χ0n) is 74.1. The molecule has 644 valence electrons. The molecule has 0 bridgehead atoms. The van der Waals surface area contributed by atoms with Gasteiger partial charge in [-0.2, -0.15) is 0 Å². The van der Waals surface area contributed by atoms with Crippen molar-refractivity contribution in [3.05, 3.63) is 285 Å². The van der Waals surface area contributed by atoms with Crippen molar-refractivity contribution in [3.8, 4) is 68.6 Å². The first-order valence-electron chi connectivity index (χ1n) is 42.2. The highest BCUT2D eigenvalue weighted by molar-refractivity contribution is 5.79. The zero-order valence-corrected chi connectivity index (χ0v) is 74.1. The van der Waals surface area contributed by atoms with Crippen LogP contribution in [0.15, 0.2) is 218 Å². The number of hydrogen-bond acceptors (Lipinski definition) is 18.